The highest BCUT2D eigenvalue weighted by Crippen LogP contribution is 2.32. The lowest BCUT2D eigenvalue weighted by Crippen LogP contribution is -2.48. The van der Waals surface area contributed by atoms with Gasteiger partial charge in [0.15, 0.2) is 0 Å². The normalized spacial score (nSPS) is 32.7. The maximum Gasteiger partial charge on any atom is 0.0762 e. The molecule has 0 amide bonds. The van der Waals surface area contributed by atoms with Crippen LogP contribution in [-0.2, 0) is 12.0 Å². The van der Waals surface area contributed by atoms with Gasteiger partial charge in [-0.05, 0) is 30.9 Å². The van der Waals surface area contributed by atoms with Crippen LogP contribution in [-0.4, -0.2) is 11.2 Å². The van der Waals surface area contributed by atoms with Gasteiger partial charge in [-0.2, -0.15) is 0 Å². The lowest BCUT2D eigenvalue weighted by atomic mass is 9.76. The van der Waals surface area contributed by atoms with E-state index < -0.39 is 11.6 Å². The third-order valence-electron chi connectivity index (χ3n) is 2.98. The van der Waals surface area contributed by atoms with Gasteiger partial charge in [-0.15, -0.1) is 0 Å². The maximum atomic E-state index is 9.76. The van der Waals surface area contributed by atoms with Gasteiger partial charge in [-0.1, -0.05) is 24.3 Å². The largest absolute Gasteiger partial charge is 0.391 e. The molecule has 2 rings (SSSR count). The number of hydrogen-bond acceptors (Lipinski definition) is 2. The van der Waals surface area contributed by atoms with Crippen molar-refractivity contribution in [2.75, 3.05) is 0 Å². The van der Waals surface area contributed by atoms with Crippen molar-refractivity contribution in [1.82, 2.24) is 0 Å². The van der Waals surface area contributed by atoms with E-state index in [2.05, 4.69) is 6.07 Å². The number of rotatable bonds is 0. The number of benzene rings is 1. The number of hydrogen-bond donors (Lipinski definition) is 2. The quantitative estimate of drug-likeness (QED) is 0.625. The summed E-state index contributed by atoms with van der Waals surface area (Å²) in [6, 6.07) is 8.10. The maximum absolute atomic E-state index is 9.76. The molecule has 1 aliphatic rings. The minimum Gasteiger partial charge on any atom is -0.391 e. The molecule has 2 atom stereocenters. The SMILES string of the molecule is CC1(N)c2ccccc2CCC1O. The van der Waals surface area contributed by atoms with E-state index in [-0.39, 0.29) is 0 Å². The van der Waals surface area contributed by atoms with Gasteiger partial charge in [-0.3, -0.25) is 0 Å². The zero-order chi connectivity index (χ0) is 9.47. The van der Waals surface area contributed by atoms with Crippen LogP contribution in [0.3, 0.4) is 0 Å². The van der Waals surface area contributed by atoms with Gasteiger partial charge in [0.1, 0.15) is 0 Å². The van der Waals surface area contributed by atoms with E-state index in [4.69, 9.17) is 5.73 Å². The molecule has 0 bridgehead atoms. The highest BCUT2D eigenvalue weighted by molar-refractivity contribution is 5.36. The first-order valence-corrected chi connectivity index (χ1v) is 4.67. The standard InChI is InChI=1S/C11H15NO/c1-11(12)9-5-3-2-4-8(9)6-7-10(11)13/h2-5,10,13H,6-7,12H2,1H3. The Morgan fingerprint density at radius 1 is 1.46 bits per heavy atom. The summed E-state index contributed by atoms with van der Waals surface area (Å²) in [5.74, 6) is 0. The topological polar surface area (TPSA) is 46.2 Å². The monoisotopic (exact) mass is 177 g/mol. The third kappa shape index (κ3) is 1.26. The van der Waals surface area contributed by atoms with E-state index in [1.165, 1.54) is 5.56 Å². The van der Waals surface area contributed by atoms with Crippen molar-refractivity contribution in [1.29, 1.82) is 0 Å². The summed E-state index contributed by atoms with van der Waals surface area (Å²) in [4.78, 5) is 0. The van der Waals surface area contributed by atoms with Crippen molar-refractivity contribution in [3.8, 4) is 0 Å². The van der Waals surface area contributed by atoms with Crippen LogP contribution in [0.5, 0.6) is 0 Å². The fourth-order valence-electron chi connectivity index (χ4n) is 2.04. The van der Waals surface area contributed by atoms with Gasteiger partial charge < -0.3 is 10.8 Å². The Balaban J connectivity index is 2.52. The van der Waals surface area contributed by atoms with Crippen LogP contribution in [0, 0.1) is 0 Å². The number of fused-ring (bicyclic) bond motifs is 1. The summed E-state index contributed by atoms with van der Waals surface area (Å²) in [7, 11) is 0. The van der Waals surface area contributed by atoms with Crippen molar-refractivity contribution < 1.29 is 5.11 Å². The van der Waals surface area contributed by atoms with E-state index in [1.54, 1.807) is 0 Å². The average Bonchev–Trinajstić information content (AvgIpc) is 2.13. The van der Waals surface area contributed by atoms with Crippen molar-refractivity contribution in [3.05, 3.63) is 35.4 Å². The predicted molar refractivity (Wildman–Crippen MR) is 52.3 cm³/mol. The van der Waals surface area contributed by atoms with Crippen LogP contribution < -0.4 is 5.73 Å². The molecule has 1 aliphatic carbocycles. The zero-order valence-corrected chi connectivity index (χ0v) is 7.83. The molecule has 1 aromatic rings. The summed E-state index contributed by atoms with van der Waals surface area (Å²) in [5, 5.41) is 9.76. The molecule has 0 aliphatic heterocycles. The van der Waals surface area contributed by atoms with Crippen molar-refractivity contribution in [2.24, 2.45) is 5.73 Å². The van der Waals surface area contributed by atoms with Crippen LogP contribution >= 0.6 is 0 Å². The summed E-state index contributed by atoms with van der Waals surface area (Å²) < 4.78 is 0. The smallest absolute Gasteiger partial charge is 0.0762 e. The van der Waals surface area contributed by atoms with E-state index in [1.807, 2.05) is 25.1 Å². The van der Waals surface area contributed by atoms with Crippen LogP contribution in [0.2, 0.25) is 0 Å². The van der Waals surface area contributed by atoms with Crippen molar-refractivity contribution in [3.63, 3.8) is 0 Å². The molecule has 0 spiro atoms. The molecule has 1 aromatic carbocycles. The van der Waals surface area contributed by atoms with E-state index in [0.717, 1.165) is 18.4 Å². The second-order valence-electron chi connectivity index (χ2n) is 3.99. The van der Waals surface area contributed by atoms with Crippen LogP contribution in [0.25, 0.3) is 0 Å². The molecular formula is C11H15NO. The van der Waals surface area contributed by atoms with E-state index in [0.29, 0.717) is 0 Å². The number of aliphatic hydroxyl groups excluding tert-OH is 1. The molecule has 0 radical (unpaired) electrons. The summed E-state index contributed by atoms with van der Waals surface area (Å²) in [5.41, 5.74) is 7.88. The minimum absolute atomic E-state index is 0.414. The first-order chi connectivity index (χ1) is 6.12. The number of aliphatic hydroxyl groups is 1. The Hall–Kier alpha value is -0.860. The van der Waals surface area contributed by atoms with Crippen LogP contribution in [0.15, 0.2) is 24.3 Å². The molecule has 0 heterocycles. The Labute approximate surface area is 78.4 Å². The van der Waals surface area contributed by atoms with Crippen LogP contribution in [0.1, 0.15) is 24.5 Å². The van der Waals surface area contributed by atoms with Gasteiger partial charge in [-0.25, -0.2) is 0 Å². The molecule has 3 N–H and O–H groups in total. The van der Waals surface area contributed by atoms with Crippen molar-refractivity contribution in [2.45, 2.75) is 31.4 Å². The van der Waals surface area contributed by atoms with Gasteiger partial charge in [0, 0.05) is 0 Å². The fraction of sp³-hybridized carbons (Fsp3) is 0.455. The number of nitrogens with two attached hydrogens (primary N) is 1. The molecule has 2 unspecified atom stereocenters. The molecule has 2 nitrogen and oxygen atoms in total. The minimum atomic E-state index is -0.575. The number of aryl methyl sites for hydroxylation is 1. The molecule has 70 valence electrons. The summed E-state index contributed by atoms with van der Waals surface area (Å²) in [6.45, 7) is 1.90. The highest BCUT2D eigenvalue weighted by Gasteiger charge is 2.35. The lowest BCUT2D eigenvalue weighted by molar-refractivity contribution is 0.0764. The fourth-order valence-corrected chi connectivity index (χ4v) is 2.04. The molecule has 0 saturated carbocycles. The molecule has 0 aromatic heterocycles. The Kier molecular flexibility index (Phi) is 1.90. The molecule has 0 saturated heterocycles. The molecule has 2 heteroatoms. The van der Waals surface area contributed by atoms with E-state index in [9.17, 15) is 5.11 Å². The third-order valence-corrected chi connectivity index (χ3v) is 2.98. The van der Waals surface area contributed by atoms with Crippen molar-refractivity contribution >= 4 is 0 Å². The average molecular weight is 177 g/mol. The Morgan fingerprint density at radius 3 is 2.92 bits per heavy atom. The summed E-state index contributed by atoms with van der Waals surface area (Å²) in [6.07, 6.45) is 1.29. The molecular weight excluding hydrogens is 162 g/mol. The predicted octanol–water partition coefficient (Wildman–Crippen LogP) is 1.17. The van der Waals surface area contributed by atoms with Gasteiger partial charge in [0.2, 0.25) is 0 Å². The second-order valence-corrected chi connectivity index (χ2v) is 3.99. The zero-order valence-electron chi connectivity index (χ0n) is 7.83. The molecule has 0 fully saturated rings. The molecule has 13 heavy (non-hydrogen) atoms. The Bertz CT molecular complexity index is 320. The van der Waals surface area contributed by atoms with Gasteiger partial charge in [0.05, 0.1) is 11.6 Å². The van der Waals surface area contributed by atoms with Gasteiger partial charge in [0.25, 0.3) is 0 Å². The van der Waals surface area contributed by atoms with E-state index >= 15 is 0 Å². The van der Waals surface area contributed by atoms with Gasteiger partial charge >= 0.3 is 0 Å². The van der Waals surface area contributed by atoms with Crippen LogP contribution in [0.4, 0.5) is 0 Å². The summed E-state index contributed by atoms with van der Waals surface area (Å²) >= 11 is 0. The highest BCUT2D eigenvalue weighted by atomic mass is 16.3. The first-order valence-electron chi connectivity index (χ1n) is 4.67. The second kappa shape index (κ2) is 2.82. The lowest BCUT2D eigenvalue weighted by Gasteiger charge is -2.36. The first kappa shape index (κ1) is 8.73. The Morgan fingerprint density at radius 2 is 2.15 bits per heavy atom.